The van der Waals surface area contributed by atoms with Crippen molar-refractivity contribution in [2.45, 2.75) is 127 Å². The van der Waals surface area contributed by atoms with Crippen molar-refractivity contribution >= 4 is 12.1 Å². The normalized spacial score (nSPS) is 22.9. The lowest BCUT2D eigenvalue weighted by Crippen LogP contribution is -2.60. The Balaban J connectivity index is 1.28. The lowest BCUT2D eigenvalue weighted by Gasteiger charge is -2.47. The van der Waals surface area contributed by atoms with E-state index in [4.69, 9.17) is 18.9 Å². The number of ether oxygens (including phenoxy) is 4. The molecule has 44 heavy (non-hydrogen) atoms. The summed E-state index contributed by atoms with van der Waals surface area (Å²) in [7, 11) is 0. The summed E-state index contributed by atoms with van der Waals surface area (Å²) in [6, 6.07) is 19.9. The highest BCUT2D eigenvalue weighted by Crippen LogP contribution is 2.47. The molecule has 3 aliphatic rings. The van der Waals surface area contributed by atoms with Crippen molar-refractivity contribution in [3.8, 4) is 0 Å². The molecule has 2 aromatic carbocycles. The molecule has 0 saturated carbocycles. The highest BCUT2D eigenvalue weighted by molar-refractivity contribution is 5.86. The van der Waals surface area contributed by atoms with Crippen LogP contribution < -0.4 is 0 Å². The molecule has 0 N–H and O–H groups in total. The van der Waals surface area contributed by atoms with E-state index in [9.17, 15) is 9.59 Å². The Morgan fingerprint density at radius 2 is 1.36 bits per heavy atom. The van der Waals surface area contributed by atoms with E-state index in [1.807, 2.05) is 60.7 Å². The number of nitrogens with zero attached hydrogens (tertiary/aromatic N) is 1. The number of carbonyl (C=O) groups is 2. The van der Waals surface area contributed by atoms with E-state index in [0.717, 1.165) is 32.1 Å². The van der Waals surface area contributed by atoms with Crippen LogP contribution in [0.1, 0.15) is 108 Å². The zero-order valence-corrected chi connectivity index (χ0v) is 26.8. The van der Waals surface area contributed by atoms with E-state index in [1.165, 1.54) is 68.9 Å². The van der Waals surface area contributed by atoms with Crippen molar-refractivity contribution in [2.75, 3.05) is 19.7 Å². The molecular formula is C37H52NO6+. The van der Waals surface area contributed by atoms with Crippen molar-refractivity contribution < 1.29 is 33.0 Å². The first kappa shape index (κ1) is 32.5. The van der Waals surface area contributed by atoms with Gasteiger partial charge in [0.1, 0.15) is 6.10 Å². The lowest BCUT2D eigenvalue weighted by molar-refractivity contribution is -0.956. The molecule has 3 atom stereocenters. The lowest BCUT2D eigenvalue weighted by atomic mass is 9.85. The monoisotopic (exact) mass is 606 g/mol. The molecule has 7 nitrogen and oxygen atoms in total. The van der Waals surface area contributed by atoms with Crippen LogP contribution in [0.15, 0.2) is 60.7 Å². The van der Waals surface area contributed by atoms with Gasteiger partial charge in [-0.1, -0.05) is 106 Å². The molecule has 240 valence electrons. The second-order valence-corrected chi connectivity index (χ2v) is 13.1. The van der Waals surface area contributed by atoms with Crippen LogP contribution in [-0.4, -0.2) is 60.8 Å². The molecular weight excluding hydrogens is 554 g/mol. The maximum atomic E-state index is 14.5. The summed E-state index contributed by atoms with van der Waals surface area (Å²) in [5.74, 6) is -0.471. The minimum atomic E-state index is -1.61. The number of piperidine rings is 1. The second-order valence-electron chi connectivity index (χ2n) is 13.1. The Labute approximate surface area is 263 Å². The van der Waals surface area contributed by atoms with E-state index < -0.39 is 24.0 Å². The Morgan fingerprint density at radius 3 is 1.93 bits per heavy atom. The number of carbonyl (C=O) groups excluding carboxylic acids is 2. The predicted octanol–water partition coefficient (Wildman–Crippen LogP) is 8.04. The second kappa shape index (κ2) is 15.4. The Bertz CT molecular complexity index is 1130. The maximum Gasteiger partial charge on any atom is 0.510 e. The molecule has 0 amide bonds. The predicted molar refractivity (Wildman–Crippen MR) is 170 cm³/mol. The zero-order chi connectivity index (χ0) is 30.8. The van der Waals surface area contributed by atoms with Gasteiger partial charge in [0.2, 0.25) is 11.9 Å². The summed E-state index contributed by atoms with van der Waals surface area (Å²) in [5, 5.41) is 0. The van der Waals surface area contributed by atoms with Crippen LogP contribution >= 0.6 is 0 Å². The smallest absolute Gasteiger partial charge is 0.459 e. The Morgan fingerprint density at radius 1 is 0.818 bits per heavy atom. The molecule has 0 radical (unpaired) electrons. The molecule has 1 spiro atoms. The van der Waals surface area contributed by atoms with Crippen molar-refractivity contribution in [2.24, 2.45) is 0 Å². The number of hydrogen-bond acceptors (Lipinski definition) is 6. The van der Waals surface area contributed by atoms with Gasteiger partial charge in [0.15, 0.2) is 0 Å². The molecule has 2 aromatic rings. The van der Waals surface area contributed by atoms with Gasteiger partial charge in [0.25, 0.3) is 0 Å². The molecule has 3 saturated heterocycles. The minimum Gasteiger partial charge on any atom is -0.459 e. The van der Waals surface area contributed by atoms with Gasteiger partial charge in [-0.25, -0.2) is 9.59 Å². The van der Waals surface area contributed by atoms with Crippen LogP contribution in [0.4, 0.5) is 4.79 Å². The molecule has 2 bridgehead atoms. The van der Waals surface area contributed by atoms with Gasteiger partial charge in [0, 0.05) is 38.5 Å². The fourth-order valence-corrected chi connectivity index (χ4v) is 8.13. The van der Waals surface area contributed by atoms with Gasteiger partial charge < -0.3 is 23.4 Å². The number of rotatable bonds is 15. The van der Waals surface area contributed by atoms with Gasteiger partial charge >= 0.3 is 12.1 Å². The first-order chi connectivity index (χ1) is 21.5. The van der Waals surface area contributed by atoms with E-state index >= 15 is 0 Å². The number of esters is 1. The summed E-state index contributed by atoms with van der Waals surface area (Å²) < 4.78 is 25.1. The summed E-state index contributed by atoms with van der Waals surface area (Å²) in [4.78, 5) is 27.1. The Hall–Kier alpha value is -2.90. The summed E-state index contributed by atoms with van der Waals surface area (Å²) >= 11 is 0. The summed E-state index contributed by atoms with van der Waals surface area (Å²) in [5.41, 5.74) is -0.355. The van der Waals surface area contributed by atoms with Crippen molar-refractivity contribution in [3.05, 3.63) is 71.8 Å². The summed E-state index contributed by atoms with van der Waals surface area (Å²) in [6.07, 6.45) is 12.7. The van der Waals surface area contributed by atoms with E-state index in [-0.39, 0.29) is 6.10 Å². The van der Waals surface area contributed by atoms with Crippen molar-refractivity contribution in [1.82, 2.24) is 0 Å². The molecule has 7 heteroatoms. The molecule has 0 aromatic heterocycles. The minimum absolute atomic E-state index is 0.164. The number of quaternary nitrogens is 1. The van der Waals surface area contributed by atoms with Crippen LogP contribution in [0.25, 0.3) is 0 Å². The topological polar surface area (TPSA) is 71.1 Å². The SMILES string of the molecule is CCCCCCCCCOC(=O)OC(C)OC(C(=O)OC1CC2CCC(C1)[N+]21CCCC1)(c1ccccc1)c1ccccc1. The quantitative estimate of drug-likeness (QED) is 0.0884. The third-order valence-electron chi connectivity index (χ3n) is 10.3. The van der Waals surface area contributed by atoms with Crippen LogP contribution in [0, 0.1) is 0 Å². The van der Waals surface area contributed by atoms with Gasteiger partial charge in [-0.3, -0.25) is 0 Å². The third-order valence-corrected chi connectivity index (χ3v) is 10.3. The molecule has 3 unspecified atom stereocenters. The van der Waals surface area contributed by atoms with Gasteiger partial charge in [-0.15, -0.1) is 0 Å². The van der Waals surface area contributed by atoms with Crippen LogP contribution in [0.3, 0.4) is 0 Å². The number of hydrogen-bond donors (Lipinski definition) is 0. The maximum absolute atomic E-state index is 14.5. The van der Waals surface area contributed by atoms with Crippen molar-refractivity contribution in [3.63, 3.8) is 0 Å². The van der Waals surface area contributed by atoms with Crippen LogP contribution in [-0.2, 0) is 29.3 Å². The van der Waals surface area contributed by atoms with E-state index in [1.54, 1.807) is 6.92 Å². The van der Waals surface area contributed by atoms with E-state index in [0.29, 0.717) is 29.8 Å². The average Bonchev–Trinajstić information content (AvgIpc) is 3.58. The fraction of sp³-hybridized carbons (Fsp3) is 0.622. The third kappa shape index (κ3) is 7.31. The van der Waals surface area contributed by atoms with Gasteiger partial charge in [0.05, 0.1) is 31.8 Å². The van der Waals surface area contributed by atoms with Crippen molar-refractivity contribution in [1.29, 1.82) is 0 Å². The van der Waals surface area contributed by atoms with E-state index in [2.05, 4.69) is 6.92 Å². The molecule has 3 heterocycles. The van der Waals surface area contributed by atoms with Gasteiger partial charge in [-0.2, -0.15) is 0 Å². The fourth-order valence-electron chi connectivity index (χ4n) is 8.13. The molecule has 3 aliphatic heterocycles. The number of benzene rings is 2. The first-order valence-corrected chi connectivity index (χ1v) is 17.2. The zero-order valence-electron chi connectivity index (χ0n) is 26.8. The van der Waals surface area contributed by atoms with Crippen LogP contribution in [0.5, 0.6) is 0 Å². The largest absolute Gasteiger partial charge is 0.510 e. The molecule has 0 aliphatic carbocycles. The van der Waals surface area contributed by atoms with Crippen LogP contribution in [0.2, 0.25) is 0 Å². The molecule has 5 rings (SSSR count). The molecule has 3 fully saturated rings. The van der Waals surface area contributed by atoms with Gasteiger partial charge in [-0.05, 0) is 24.5 Å². The highest BCUT2D eigenvalue weighted by atomic mass is 16.8. The standard InChI is InChI=1S/C37H52NO6/c1-3-4-5-6-7-8-17-26-41-36(40)42-29(2)44-37(30-18-11-9-12-19-30,31-20-13-10-14-21-31)35(39)43-34-27-32-22-23-33(28-34)38(32)24-15-16-25-38/h9-14,18-21,29,32-34H,3-8,15-17,22-28H2,1-2H3/q+1. The Kier molecular flexibility index (Phi) is 11.4. The average molecular weight is 607 g/mol. The number of unbranched alkanes of at least 4 members (excludes halogenated alkanes) is 6. The highest BCUT2D eigenvalue weighted by Gasteiger charge is 2.57. The summed E-state index contributed by atoms with van der Waals surface area (Å²) in [6.45, 7) is 6.67. The first-order valence-electron chi connectivity index (χ1n) is 17.2.